The maximum Gasteiger partial charge on any atom is 0.272 e. The molecular weight excluding hydrogens is 198 g/mol. The molecule has 5 heteroatoms. The number of hydrogen-bond donors (Lipinski definition) is 1. The first-order chi connectivity index (χ1) is 7.25. The van der Waals surface area contributed by atoms with Crippen molar-refractivity contribution in [3.8, 4) is 0 Å². The van der Waals surface area contributed by atoms with Crippen molar-refractivity contribution in [3.63, 3.8) is 0 Å². The summed E-state index contributed by atoms with van der Waals surface area (Å²) in [4.78, 5) is 10.2. The van der Waals surface area contributed by atoms with E-state index in [1.54, 1.807) is 18.2 Å². The summed E-state index contributed by atoms with van der Waals surface area (Å²) in [6.07, 6.45) is 0.483. The molecule has 0 aliphatic heterocycles. The van der Waals surface area contributed by atoms with Crippen LogP contribution >= 0.6 is 0 Å². The summed E-state index contributed by atoms with van der Waals surface area (Å²) in [6.45, 7) is 0.614. The second-order valence-corrected chi connectivity index (χ2v) is 2.97. The van der Waals surface area contributed by atoms with Gasteiger partial charge >= 0.3 is 0 Å². The summed E-state index contributed by atoms with van der Waals surface area (Å²) >= 11 is 0. The van der Waals surface area contributed by atoms with E-state index in [0.717, 1.165) is 0 Å². The Hall–Kier alpha value is -1.46. The predicted molar refractivity (Wildman–Crippen MR) is 54.7 cm³/mol. The van der Waals surface area contributed by atoms with Crippen molar-refractivity contribution in [1.29, 1.82) is 0 Å². The van der Waals surface area contributed by atoms with Crippen LogP contribution in [0.2, 0.25) is 0 Å². The van der Waals surface area contributed by atoms with E-state index in [-0.39, 0.29) is 18.9 Å². The Balaban J connectivity index is 2.56. The largest absolute Gasteiger partial charge is 0.394 e. The third kappa shape index (κ3) is 3.65. The Kier molecular flexibility index (Phi) is 4.73. The number of hydrogen-bond acceptors (Lipinski definition) is 4. The highest BCUT2D eigenvalue weighted by Gasteiger charge is 2.11. The first kappa shape index (κ1) is 11.6. The lowest BCUT2D eigenvalue weighted by Crippen LogP contribution is -2.04. The van der Waals surface area contributed by atoms with Gasteiger partial charge in [0.15, 0.2) is 0 Å². The monoisotopic (exact) mass is 211 g/mol. The zero-order valence-corrected chi connectivity index (χ0v) is 8.26. The predicted octanol–water partition coefficient (Wildman–Crippen LogP) is 1.15. The number of benzene rings is 1. The first-order valence-electron chi connectivity index (χ1n) is 4.66. The number of para-hydroxylation sites is 1. The van der Waals surface area contributed by atoms with Crippen molar-refractivity contribution in [2.24, 2.45) is 0 Å². The number of ether oxygens (including phenoxy) is 1. The van der Waals surface area contributed by atoms with Crippen LogP contribution in [0.5, 0.6) is 0 Å². The average Bonchev–Trinajstić information content (AvgIpc) is 2.25. The molecular formula is C10H13NO4. The molecule has 82 valence electrons. The molecule has 0 heterocycles. The molecule has 0 aliphatic rings. The topological polar surface area (TPSA) is 72.6 Å². The Morgan fingerprint density at radius 1 is 1.33 bits per heavy atom. The van der Waals surface area contributed by atoms with E-state index in [4.69, 9.17) is 9.84 Å². The average molecular weight is 211 g/mol. The summed E-state index contributed by atoms with van der Waals surface area (Å²) in [5.41, 5.74) is 0.769. The molecule has 0 radical (unpaired) electrons. The number of nitro groups is 1. The summed E-state index contributed by atoms with van der Waals surface area (Å²) < 4.78 is 5.05. The molecule has 1 rings (SSSR count). The minimum atomic E-state index is -0.401. The summed E-state index contributed by atoms with van der Waals surface area (Å²) in [7, 11) is 0. The molecule has 1 aromatic carbocycles. The zero-order chi connectivity index (χ0) is 11.1. The molecule has 1 aromatic rings. The van der Waals surface area contributed by atoms with Crippen LogP contribution in [0, 0.1) is 10.1 Å². The minimum Gasteiger partial charge on any atom is -0.394 e. The van der Waals surface area contributed by atoms with Crippen molar-refractivity contribution < 1.29 is 14.8 Å². The van der Waals surface area contributed by atoms with Gasteiger partial charge in [-0.25, -0.2) is 0 Å². The van der Waals surface area contributed by atoms with E-state index in [9.17, 15) is 10.1 Å². The van der Waals surface area contributed by atoms with E-state index >= 15 is 0 Å². The molecule has 0 saturated carbocycles. The van der Waals surface area contributed by atoms with E-state index < -0.39 is 4.92 Å². The number of aliphatic hydroxyl groups excluding tert-OH is 1. The molecule has 15 heavy (non-hydrogen) atoms. The van der Waals surface area contributed by atoms with Gasteiger partial charge in [0.05, 0.1) is 24.7 Å². The van der Waals surface area contributed by atoms with Crippen molar-refractivity contribution >= 4 is 5.69 Å². The summed E-state index contributed by atoms with van der Waals surface area (Å²) in [5.74, 6) is 0. The highest BCUT2D eigenvalue weighted by atomic mass is 16.6. The zero-order valence-electron chi connectivity index (χ0n) is 8.26. The second-order valence-electron chi connectivity index (χ2n) is 2.97. The number of rotatable bonds is 6. The standard InChI is InChI=1S/C10H13NO4/c12-6-8-15-7-5-9-3-1-2-4-10(9)11(13)14/h1-4,12H,5-8H2. The van der Waals surface area contributed by atoms with Crippen LogP contribution in [-0.4, -0.2) is 29.9 Å². The van der Waals surface area contributed by atoms with Gasteiger partial charge in [-0.3, -0.25) is 10.1 Å². The summed E-state index contributed by atoms with van der Waals surface area (Å²) in [6, 6.07) is 6.58. The fourth-order valence-corrected chi connectivity index (χ4v) is 1.25. The molecule has 0 bridgehead atoms. The van der Waals surface area contributed by atoms with Gasteiger partial charge in [-0.2, -0.15) is 0 Å². The van der Waals surface area contributed by atoms with E-state index in [2.05, 4.69) is 0 Å². The van der Waals surface area contributed by atoms with Crippen LogP contribution in [0.1, 0.15) is 5.56 Å². The van der Waals surface area contributed by atoms with Gasteiger partial charge in [0.25, 0.3) is 5.69 Å². The van der Waals surface area contributed by atoms with E-state index in [1.165, 1.54) is 6.07 Å². The van der Waals surface area contributed by atoms with Crippen LogP contribution in [0.3, 0.4) is 0 Å². The van der Waals surface area contributed by atoms with Crippen molar-refractivity contribution in [2.75, 3.05) is 19.8 Å². The van der Waals surface area contributed by atoms with Crippen molar-refractivity contribution in [3.05, 3.63) is 39.9 Å². The Morgan fingerprint density at radius 3 is 2.73 bits per heavy atom. The van der Waals surface area contributed by atoms with Crippen molar-refractivity contribution in [1.82, 2.24) is 0 Å². The van der Waals surface area contributed by atoms with Crippen LogP contribution in [0.25, 0.3) is 0 Å². The maximum atomic E-state index is 10.6. The SMILES string of the molecule is O=[N+]([O-])c1ccccc1CCOCCO. The van der Waals surface area contributed by atoms with E-state index in [1.807, 2.05) is 0 Å². The number of aliphatic hydroxyl groups is 1. The molecule has 0 amide bonds. The van der Waals surface area contributed by atoms with E-state index in [0.29, 0.717) is 18.6 Å². The highest BCUT2D eigenvalue weighted by molar-refractivity contribution is 5.39. The molecule has 0 unspecified atom stereocenters. The van der Waals surface area contributed by atoms with Gasteiger partial charge in [0, 0.05) is 18.1 Å². The molecule has 0 atom stereocenters. The fraction of sp³-hybridized carbons (Fsp3) is 0.400. The summed E-state index contributed by atoms with van der Waals surface area (Å²) in [5, 5.41) is 19.1. The lowest BCUT2D eigenvalue weighted by molar-refractivity contribution is -0.385. The highest BCUT2D eigenvalue weighted by Crippen LogP contribution is 2.17. The Labute approximate surface area is 87.5 Å². The maximum absolute atomic E-state index is 10.6. The molecule has 0 aliphatic carbocycles. The van der Waals surface area contributed by atoms with Gasteiger partial charge in [-0.05, 0) is 0 Å². The molecule has 5 nitrogen and oxygen atoms in total. The number of nitrogens with zero attached hydrogens (tertiary/aromatic N) is 1. The smallest absolute Gasteiger partial charge is 0.272 e. The van der Waals surface area contributed by atoms with Crippen LogP contribution < -0.4 is 0 Å². The lowest BCUT2D eigenvalue weighted by atomic mass is 10.1. The third-order valence-corrected chi connectivity index (χ3v) is 1.94. The molecule has 1 N–H and O–H groups in total. The van der Waals surface area contributed by atoms with Crippen LogP contribution in [-0.2, 0) is 11.2 Å². The fourth-order valence-electron chi connectivity index (χ4n) is 1.25. The van der Waals surface area contributed by atoms with Crippen LogP contribution in [0.4, 0.5) is 5.69 Å². The van der Waals surface area contributed by atoms with Crippen LogP contribution in [0.15, 0.2) is 24.3 Å². The lowest BCUT2D eigenvalue weighted by Gasteiger charge is -2.03. The normalized spacial score (nSPS) is 10.2. The number of nitro benzene ring substituents is 1. The van der Waals surface area contributed by atoms with Gasteiger partial charge in [0.1, 0.15) is 0 Å². The Morgan fingerprint density at radius 2 is 2.07 bits per heavy atom. The van der Waals surface area contributed by atoms with Crippen molar-refractivity contribution in [2.45, 2.75) is 6.42 Å². The van der Waals surface area contributed by atoms with Gasteiger partial charge in [0.2, 0.25) is 0 Å². The molecule has 0 saturated heterocycles. The quantitative estimate of drug-likeness (QED) is 0.435. The molecule has 0 fully saturated rings. The van der Waals surface area contributed by atoms with Gasteiger partial charge in [-0.1, -0.05) is 18.2 Å². The molecule has 0 aromatic heterocycles. The first-order valence-corrected chi connectivity index (χ1v) is 4.66. The van der Waals surface area contributed by atoms with Gasteiger partial charge < -0.3 is 9.84 Å². The minimum absolute atomic E-state index is 0.0309. The third-order valence-electron chi connectivity index (χ3n) is 1.94. The Bertz CT molecular complexity index is 327. The van der Waals surface area contributed by atoms with Gasteiger partial charge in [-0.15, -0.1) is 0 Å². The molecule has 0 spiro atoms. The second kappa shape index (κ2) is 6.10.